The summed E-state index contributed by atoms with van der Waals surface area (Å²) in [5.41, 5.74) is 0. The number of hydrogen-bond acceptors (Lipinski definition) is 4. The Labute approximate surface area is 145 Å². The summed E-state index contributed by atoms with van der Waals surface area (Å²) < 4.78 is 5.91. The Hall–Kier alpha value is -1.14. The summed E-state index contributed by atoms with van der Waals surface area (Å²) in [6.45, 7) is 10.7. The first-order valence-corrected chi connectivity index (χ1v) is 9.36. The number of fused-ring (bicyclic) bond motifs is 1. The lowest BCUT2D eigenvalue weighted by atomic mass is 9.91. The highest BCUT2D eigenvalue weighted by molar-refractivity contribution is 5.78. The van der Waals surface area contributed by atoms with Crippen LogP contribution in [0.4, 0.5) is 0 Å². The van der Waals surface area contributed by atoms with E-state index in [1.54, 1.807) is 6.92 Å². The van der Waals surface area contributed by atoms with Crippen molar-refractivity contribution in [2.45, 2.75) is 58.2 Å². The molecule has 0 aromatic carbocycles. The molecule has 0 radical (unpaired) electrons. The van der Waals surface area contributed by atoms with Gasteiger partial charge in [-0.15, -0.1) is 0 Å². The van der Waals surface area contributed by atoms with Crippen LogP contribution < -0.4 is 0 Å². The van der Waals surface area contributed by atoms with Crippen LogP contribution >= 0.6 is 0 Å². The van der Waals surface area contributed by atoms with Crippen molar-refractivity contribution in [3.8, 4) is 0 Å². The average Bonchev–Trinajstić information content (AvgIpc) is 2.74. The van der Waals surface area contributed by atoms with Gasteiger partial charge in [-0.1, -0.05) is 0 Å². The van der Waals surface area contributed by atoms with Gasteiger partial charge in [0, 0.05) is 57.6 Å². The number of hydrogen-bond donors (Lipinski definition) is 0. The number of amides is 2. The van der Waals surface area contributed by atoms with E-state index < -0.39 is 0 Å². The van der Waals surface area contributed by atoms with E-state index in [-0.39, 0.29) is 30.6 Å². The number of rotatable bonds is 2. The molecule has 136 valence electrons. The third-order valence-corrected chi connectivity index (χ3v) is 5.92. The number of piperidine rings is 2. The Morgan fingerprint density at radius 3 is 2.46 bits per heavy atom. The Morgan fingerprint density at radius 1 is 1.12 bits per heavy atom. The molecule has 24 heavy (non-hydrogen) atoms. The van der Waals surface area contributed by atoms with Crippen LogP contribution in [-0.4, -0.2) is 84.0 Å². The number of carbonyl (C=O) groups is 2. The van der Waals surface area contributed by atoms with Crippen LogP contribution in [0.2, 0.25) is 0 Å². The predicted molar refractivity (Wildman–Crippen MR) is 91.5 cm³/mol. The number of carbonyl (C=O) groups excluding carboxylic acids is 2. The van der Waals surface area contributed by atoms with Crippen molar-refractivity contribution in [1.29, 1.82) is 0 Å². The standard InChI is InChI=1S/C18H31N3O3/c1-13(2)21-11-15-10-20(9-6-17(15)24-12-18(21)23)16-4-7-19(8-5-16)14(3)22/h13,15-17H,4-12H2,1-3H3/t15-,17+/m1/s1. The maximum Gasteiger partial charge on any atom is 0.248 e. The second kappa shape index (κ2) is 7.40. The van der Waals surface area contributed by atoms with Crippen molar-refractivity contribution in [1.82, 2.24) is 14.7 Å². The van der Waals surface area contributed by atoms with Gasteiger partial charge in [0.1, 0.15) is 6.61 Å². The normalized spacial score (nSPS) is 30.4. The SMILES string of the molecule is CC(=O)N1CCC(N2CC[C@@H]3OCC(=O)N(C(C)C)C[C@H]3C2)CC1. The third kappa shape index (κ3) is 3.75. The van der Waals surface area contributed by atoms with E-state index in [0.29, 0.717) is 12.0 Å². The summed E-state index contributed by atoms with van der Waals surface area (Å²) in [6.07, 6.45) is 3.35. The largest absolute Gasteiger partial charge is 0.368 e. The van der Waals surface area contributed by atoms with Crippen molar-refractivity contribution >= 4 is 11.8 Å². The molecule has 3 aliphatic heterocycles. The summed E-state index contributed by atoms with van der Waals surface area (Å²) >= 11 is 0. The zero-order chi connectivity index (χ0) is 17.3. The minimum Gasteiger partial charge on any atom is -0.368 e. The van der Waals surface area contributed by atoms with Crippen LogP contribution in [0.15, 0.2) is 0 Å². The Kier molecular flexibility index (Phi) is 5.45. The van der Waals surface area contributed by atoms with Crippen LogP contribution in [0.1, 0.15) is 40.0 Å². The summed E-state index contributed by atoms with van der Waals surface area (Å²) in [4.78, 5) is 30.2. The Bertz CT molecular complexity index is 474. The quantitative estimate of drug-likeness (QED) is 0.753. The molecule has 0 bridgehead atoms. The molecule has 0 unspecified atom stereocenters. The van der Waals surface area contributed by atoms with Gasteiger partial charge in [0.2, 0.25) is 11.8 Å². The predicted octanol–water partition coefficient (Wildman–Crippen LogP) is 0.955. The molecule has 0 spiro atoms. The summed E-state index contributed by atoms with van der Waals surface area (Å²) in [5.74, 6) is 0.717. The fourth-order valence-electron chi connectivity index (χ4n) is 4.43. The van der Waals surface area contributed by atoms with E-state index in [1.165, 1.54) is 0 Å². The molecule has 2 atom stereocenters. The van der Waals surface area contributed by atoms with Gasteiger partial charge in [-0.3, -0.25) is 14.5 Å². The van der Waals surface area contributed by atoms with Gasteiger partial charge in [0.25, 0.3) is 0 Å². The second-order valence-corrected chi connectivity index (χ2v) is 7.77. The van der Waals surface area contributed by atoms with E-state index >= 15 is 0 Å². The van der Waals surface area contributed by atoms with Crippen molar-refractivity contribution < 1.29 is 14.3 Å². The molecule has 3 heterocycles. The van der Waals surface area contributed by atoms with E-state index in [9.17, 15) is 9.59 Å². The van der Waals surface area contributed by atoms with Crippen LogP contribution in [0.3, 0.4) is 0 Å². The number of nitrogens with zero attached hydrogens (tertiary/aromatic N) is 3. The summed E-state index contributed by atoms with van der Waals surface area (Å²) in [7, 11) is 0. The molecular formula is C18H31N3O3. The van der Waals surface area contributed by atoms with Gasteiger partial charge in [0.15, 0.2) is 0 Å². The smallest absolute Gasteiger partial charge is 0.248 e. The highest BCUT2D eigenvalue weighted by Gasteiger charge is 2.38. The molecule has 0 saturated carbocycles. The molecule has 0 aliphatic carbocycles. The van der Waals surface area contributed by atoms with E-state index in [1.807, 2.05) is 9.80 Å². The summed E-state index contributed by atoms with van der Waals surface area (Å²) in [6, 6.07) is 0.794. The van der Waals surface area contributed by atoms with Gasteiger partial charge >= 0.3 is 0 Å². The molecule has 3 saturated heterocycles. The molecule has 0 aromatic rings. The molecule has 6 heteroatoms. The van der Waals surface area contributed by atoms with Gasteiger partial charge in [0.05, 0.1) is 6.10 Å². The zero-order valence-electron chi connectivity index (χ0n) is 15.2. The zero-order valence-corrected chi connectivity index (χ0v) is 15.2. The van der Waals surface area contributed by atoms with E-state index in [0.717, 1.165) is 52.0 Å². The third-order valence-electron chi connectivity index (χ3n) is 5.92. The molecule has 0 N–H and O–H groups in total. The minimum atomic E-state index is 0.126. The fourth-order valence-corrected chi connectivity index (χ4v) is 4.43. The fraction of sp³-hybridized carbons (Fsp3) is 0.889. The monoisotopic (exact) mass is 337 g/mol. The lowest BCUT2D eigenvalue weighted by Gasteiger charge is -2.44. The minimum absolute atomic E-state index is 0.126. The Balaban J connectivity index is 1.60. The van der Waals surface area contributed by atoms with Crippen LogP contribution in [-0.2, 0) is 14.3 Å². The van der Waals surface area contributed by atoms with Gasteiger partial charge < -0.3 is 14.5 Å². The average molecular weight is 337 g/mol. The van der Waals surface area contributed by atoms with Crippen LogP contribution in [0.25, 0.3) is 0 Å². The van der Waals surface area contributed by atoms with Crippen molar-refractivity contribution in [2.24, 2.45) is 5.92 Å². The topological polar surface area (TPSA) is 53.1 Å². The maximum atomic E-state index is 12.2. The van der Waals surface area contributed by atoms with Gasteiger partial charge in [-0.25, -0.2) is 0 Å². The second-order valence-electron chi connectivity index (χ2n) is 7.77. The molecule has 3 rings (SSSR count). The molecule has 6 nitrogen and oxygen atoms in total. The van der Waals surface area contributed by atoms with Gasteiger partial charge in [-0.2, -0.15) is 0 Å². The van der Waals surface area contributed by atoms with E-state index in [2.05, 4.69) is 18.7 Å². The highest BCUT2D eigenvalue weighted by Crippen LogP contribution is 2.28. The first-order chi connectivity index (χ1) is 11.5. The first-order valence-electron chi connectivity index (χ1n) is 9.36. The maximum absolute atomic E-state index is 12.2. The number of likely N-dealkylation sites (tertiary alicyclic amines) is 2. The first kappa shape index (κ1) is 17.7. The highest BCUT2D eigenvalue weighted by atomic mass is 16.5. The number of ether oxygens (including phenoxy) is 1. The van der Waals surface area contributed by atoms with Gasteiger partial charge in [-0.05, 0) is 33.1 Å². The molecule has 3 fully saturated rings. The molecule has 3 aliphatic rings. The van der Waals surface area contributed by atoms with Crippen LogP contribution in [0.5, 0.6) is 0 Å². The van der Waals surface area contributed by atoms with E-state index in [4.69, 9.17) is 4.74 Å². The lowest BCUT2D eigenvalue weighted by Crippen LogP contribution is -2.54. The lowest BCUT2D eigenvalue weighted by molar-refractivity contribution is -0.136. The van der Waals surface area contributed by atoms with Crippen molar-refractivity contribution in [3.05, 3.63) is 0 Å². The van der Waals surface area contributed by atoms with Crippen molar-refractivity contribution in [2.75, 3.05) is 39.3 Å². The van der Waals surface area contributed by atoms with Crippen molar-refractivity contribution in [3.63, 3.8) is 0 Å². The molecule has 2 amide bonds. The van der Waals surface area contributed by atoms with Crippen LogP contribution in [0, 0.1) is 5.92 Å². The molecular weight excluding hydrogens is 306 g/mol. The Morgan fingerprint density at radius 2 is 1.83 bits per heavy atom. The molecule has 0 aromatic heterocycles. The summed E-state index contributed by atoms with van der Waals surface area (Å²) in [5, 5.41) is 0.